The van der Waals surface area contributed by atoms with Gasteiger partial charge in [-0.1, -0.05) is 24.3 Å². The molecule has 2 N–H and O–H groups in total. The molecule has 20 heavy (non-hydrogen) atoms. The zero-order valence-corrected chi connectivity index (χ0v) is 11.2. The van der Waals surface area contributed by atoms with Crippen molar-refractivity contribution < 1.29 is 9.53 Å². The fourth-order valence-corrected chi connectivity index (χ4v) is 2.50. The summed E-state index contributed by atoms with van der Waals surface area (Å²) in [5.41, 5.74) is 5.99. The topological polar surface area (TPSA) is 52.3 Å². The number of amides is 1. The fraction of sp³-hybridized carbons (Fsp3) is 0.118. The molecule has 0 saturated heterocycles. The van der Waals surface area contributed by atoms with Crippen molar-refractivity contribution in [2.24, 2.45) is 5.73 Å². The number of benzene rings is 3. The van der Waals surface area contributed by atoms with E-state index in [1.165, 1.54) is 0 Å². The van der Waals surface area contributed by atoms with Gasteiger partial charge in [0.05, 0.1) is 6.61 Å². The summed E-state index contributed by atoms with van der Waals surface area (Å²) in [4.78, 5) is 11.6. The Kier molecular flexibility index (Phi) is 3.03. The van der Waals surface area contributed by atoms with Gasteiger partial charge in [-0.2, -0.15) is 0 Å². The van der Waals surface area contributed by atoms with Crippen molar-refractivity contribution in [2.75, 3.05) is 6.61 Å². The molecule has 3 rings (SSSR count). The Labute approximate surface area is 117 Å². The zero-order chi connectivity index (χ0) is 14.1. The molecule has 3 aromatic carbocycles. The summed E-state index contributed by atoms with van der Waals surface area (Å²) in [6.07, 6.45) is 0. The van der Waals surface area contributed by atoms with E-state index in [0.717, 1.165) is 27.3 Å². The van der Waals surface area contributed by atoms with Gasteiger partial charge in [0.2, 0.25) is 5.91 Å². The highest BCUT2D eigenvalue weighted by Gasteiger charge is 2.11. The Bertz CT molecular complexity index is 809. The number of nitrogens with two attached hydrogens (primary N) is 1. The van der Waals surface area contributed by atoms with E-state index in [9.17, 15) is 4.79 Å². The van der Waals surface area contributed by atoms with E-state index in [2.05, 4.69) is 0 Å². The Balaban J connectivity index is 2.42. The maximum atomic E-state index is 11.6. The number of ether oxygens (including phenoxy) is 1. The van der Waals surface area contributed by atoms with Crippen molar-refractivity contribution in [3.63, 3.8) is 0 Å². The van der Waals surface area contributed by atoms with E-state index in [4.69, 9.17) is 10.5 Å². The molecule has 3 heteroatoms. The molecule has 0 spiro atoms. The molecule has 0 bridgehead atoms. The second-order valence-electron chi connectivity index (χ2n) is 4.65. The molecule has 0 aromatic heterocycles. The first-order valence-corrected chi connectivity index (χ1v) is 6.59. The minimum atomic E-state index is -0.423. The lowest BCUT2D eigenvalue weighted by Gasteiger charge is -2.11. The first-order chi connectivity index (χ1) is 9.70. The maximum absolute atomic E-state index is 11.6. The molecule has 1 amide bonds. The Hall–Kier alpha value is -2.55. The summed E-state index contributed by atoms with van der Waals surface area (Å²) in [6.45, 7) is 2.52. The lowest BCUT2D eigenvalue weighted by atomic mass is 9.98. The Morgan fingerprint density at radius 1 is 1.05 bits per heavy atom. The molecule has 3 nitrogen and oxygen atoms in total. The van der Waals surface area contributed by atoms with Crippen LogP contribution in [-0.4, -0.2) is 12.5 Å². The van der Waals surface area contributed by atoms with Crippen LogP contribution < -0.4 is 10.5 Å². The predicted molar refractivity (Wildman–Crippen MR) is 81.1 cm³/mol. The van der Waals surface area contributed by atoms with Gasteiger partial charge in [-0.05, 0) is 47.3 Å². The average molecular weight is 265 g/mol. The highest BCUT2D eigenvalue weighted by molar-refractivity contribution is 6.11. The Morgan fingerprint density at radius 3 is 2.30 bits per heavy atom. The van der Waals surface area contributed by atoms with Crippen LogP contribution in [-0.2, 0) is 0 Å². The predicted octanol–water partition coefficient (Wildman–Crippen LogP) is 3.49. The third kappa shape index (κ3) is 1.97. The quantitative estimate of drug-likeness (QED) is 0.737. The van der Waals surface area contributed by atoms with Crippen LogP contribution in [0.25, 0.3) is 21.5 Å². The van der Waals surface area contributed by atoms with E-state index < -0.39 is 5.91 Å². The van der Waals surface area contributed by atoms with Crippen LogP contribution in [0.3, 0.4) is 0 Å². The number of carbonyl (C=O) groups excluding carboxylic acids is 1. The van der Waals surface area contributed by atoms with Gasteiger partial charge in [0.1, 0.15) is 5.75 Å². The number of carbonyl (C=O) groups is 1. The minimum Gasteiger partial charge on any atom is -0.493 e. The standard InChI is InChI=1S/C17H15NO2/c1-2-20-16-8-7-13(17(18)19)14-9-11-5-3-4-6-12(11)10-15(14)16/h3-10H,2H2,1H3,(H2,18,19). The van der Waals surface area contributed by atoms with Gasteiger partial charge >= 0.3 is 0 Å². The van der Waals surface area contributed by atoms with Gasteiger partial charge in [0.25, 0.3) is 0 Å². The van der Waals surface area contributed by atoms with Crippen molar-refractivity contribution in [3.8, 4) is 5.75 Å². The zero-order valence-electron chi connectivity index (χ0n) is 11.2. The van der Waals surface area contributed by atoms with Crippen LogP contribution in [0.1, 0.15) is 17.3 Å². The van der Waals surface area contributed by atoms with E-state index >= 15 is 0 Å². The molecule has 0 heterocycles. The normalized spacial score (nSPS) is 10.8. The van der Waals surface area contributed by atoms with Crippen LogP contribution in [0.4, 0.5) is 0 Å². The number of primary amides is 1. The van der Waals surface area contributed by atoms with Gasteiger partial charge in [-0.25, -0.2) is 0 Å². The van der Waals surface area contributed by atoms with Crippen LogP contribution in [0.5, 0.6) is 5.75 Å². The third-order valence-electron chi connectivity index (χ3n) is 3.41. The fourth-order valence-electron chi connectivity index (χ4n) is 2.50. The van der Waals surface area contributed by atoms with Gasteiger partial charge in [-0.15, -0.1) is 0 Å². The number of hydrogen-bond acceptors (Lipinski definition) is 2. The monoisotopic (exact) mass is 265 g/mol. The number of fused-ring (bicyclic) bond motifs is 2. The largest absolute Gasteiger partial charge is 0.493 e. The summed E-state index contributed by atoms with van der Waals surface area (Å²) < 4.78 is 5.65. The molecular weight excluding hydrogens is 250 g/mol. The Morgan fingerprint density at radius 2 is 1.70 bits per heavy atom. The van der Waals surface area contributed by atoms with E-state index in [1.54, 1.807) is 12.1 Å². The molecule has 0 fully saturated rings. The van der Waals surface area contributed by atoms with Gasteiger partial charge < -0.3 is 10.5 Å². The molecule has 0 radical (unpaired) electrons. The van der Waals surface area contributed by atoms with Gasteiger partial charge in [0.15, 0.2) is 0 Å². The summed E-state index contributed by atoms with van der Waals surface area (Å²) in [5.74, 6) is 0.353. The van der Waals surface area contributed by atoms with Crippen molar-refractivity contribution in [1.82, 2.24) is 0 Å². The second kappa shape index (κ2) is 4.85. The van der Waals surface area contributed by atoms with Crippen LogP contribution in [0.15, 0.2) is 48.5 Å². The van der Waals surface area contributed by atoms with Crippen molar-refractivity contribution in [2.45, 2.75) is 6.92 Å². The molecular formula is C17H15NO2. The van der Waals surface area contributed by atoms with Crippen LogP contribution >= 0.6 is 0 Å². The number of rotatable bonds is 3. The van der Waals surface area contributed by atoms with Crippen LogP contribution in [0, 0.1) is 0 Å². The molecule has 0 atom stereocenters. The minimum absolute atomic E-state index is 0.423. The summed E-state index contributed by atoms with van der Waals surface area (Å²) in [6, 6.07) is 15.6. The second-order valence-corrected chi connectivity index (χ2v) is 4.65. The van der Waals surface area contributed by atoms with E-state index in [1.807, 2.05) is 43.3 Å². The molecule has 0 saturated carbocycles. The average Bonchev–Trinajstić information content (AvgIpc) is 2.45. The first kappa shape index (κ1) is 12.5. The van der Waals surface area contributed by atoms with Gasteiger partial charge in [0, 0.05) is 10.9 Å². The van der Waals surface area contributed by atoms with E-state index in [0.29, 0.717) is 12.2 Å². The summed E-state index contributed by atoms with van der Waals surface area (Å²) >= 11 is 0. The highest BCUT2D eigenvalue weighted by Crippen LogP contribution is 2.32. The van der Waals surface area contributed by atoms with Crippen LogP contribution in [0.2, 0.25) is 0 Å². The molecule has 0 aliphatic carbocycles. The molecule has 0 unspecified atom stereocenters. The highest BCUT2D eigenvalue weighted by atomic mass is 16.5. The smallest absolute Gasteiger partial charge is 0.249 e. The van der Waals surface area contributed by atoms with Crippen molar-refractivity contribution in [3.05, 3.63) is 54.1 Å². The lowest BCUT2D eigenvalue weighted by Crippen LogP contribution is -2.11. The SMILES string of the molecule is CCOc1ccc(C(N)=O)c2cc3ccccc3cc12. The van der Waals surface area contributed by atoms with Crippen molar-refractivity contribution >= 4 is 27.5 Å². The number of hydrogen-bond donors (Lipinski definition) is 1. The lowest BCUT2D eigenvalue weighted by molar-refractivity contribution is 0.100. The van der Waals surface area contributed by atoms with Crippen molar-refractivity contribution in [1.29, 1.82) is 0 Å². The van der Waals surface area contributed by atoms with Gasteiger partial charge in [-0.3, -0.25) is 4.79 Å². The third-order valence-corrected chi connectivity index (χ3v) is 3.41. The molecule has 3 aromatic rings. The molecule has 100 valence electrons. The molecule has 0 aliphatic heterocycles. The summed E-state index contributed by atoms with van der Waals surface area (Å²) in [7, 11) is 0. The maximum Gasteiger partial charge on any atom is 0.249 e. The first-order valence-electron chi connectivity index (χ1n) is 6.59. The van der Waals surface area contributed by atoms with E-state index in [-0.39, 0.29) is 0 Å². The summed E-state index contributed by atoms with van der Waals surface area (Å²) in [5, 5.41) is 3.95. The molecule has 0 aliphatic rings.